The topological polar surface area (TPSA) is 55.8 Å². The highest BCUT2D eigenvalue weighted by atomic mass is 16.5. The van der Waals surface area contributed by atoms with Gasteiger partial charge in [0.1, 0.15) is 17.9 Å². The minimum absolute atomic E-state index is 0.168. The normalized spacial score (nSPS) is 10.3. The molecule has 4 nitrogen and oxygen atoms in total. The lowest BCUT2D eigenvalue weighted by Crippen LogP contribution is -2.10. The molecule has 0 unspecified atom stereocenters. The van der Waals surface area contributed by atoms with Gasteiger partial charge in [0, 0.05) is 0 Å². The molecule has 21 heavy (non-hydrogen) atoms. The molecule has 0 spiro atoms. The van der Waals surface area contributed by atoms with Gasteiger partial charge >= 0.3 is 5.97 Å². The summed E-state index contributed by atoms with van der Waals surface area (Å²) in [5.74, 6) is -0.618. The summed E-state index contributed by atoms with van der Waals surface area (Å²) in [4.78, 5) is 11.0. The molecular weight excluding hydrogens is 268 g/mol. The Morgan fingerprint density at radius 1 is 0.905 bits per heavy atom. The van der Waals surface area contributed by atoms with Crippen molar-refractivity contribution in [3.63, 3.8) is 0 Å². The van der Waals surface area contributed by atoms with Gasteiger partial charge in [-0.25, -0.2) is 4.79 Å². The van der Waals surface area contributed by atoms with Crippen LogP contribution in [0.4, 0.5) is 0 Å². The second kappa shape index (κ2) is 8.07. The fourth-order valence-electron chi connectivity index (χ4n) is 1.92. The van der Waals surface area contributed by atoms with Gasteiger partial charge in [0.05, 0.1) is 13.2 Å². The number of benzene rings is 2. The first-order valence-corrected chi connectivity index (χ1v) is 6.84. The van der Waals surface area contributed by atoms with Crippen LogP contribution >= 0.6 is 0 Å². The van der Waals surface area contributed by atoms with E-state index in [-0.39, 0.29) is 5.56 Å². The molecule has 0 amide bonds. The van der Waals surface area contributed by atoms with Crippen molar-refractivity contribution in [2.24, 2.45) is 0 Å². The van der Waals surface area contributed by atoms with E-state index in [1.165, 1.54) is 11.6 Å². The first-order chi connectivity index (χ1) is 10.3. The number of hydrogen-bond donors (Lipinski definition) is 1. The Kier molecular flexibility index (Phi) is 5.79. The molecule has 110 valence electrons. The first-order valence-electron chi connectivity index (χ1n) is 6.84. The molecule has 0 aliphatic rings. The lowest BCUT2D eigenvalue weighted by molar-refractivity contribution is 0.0685. The predicted molar refractivity (Wildman–Crippen MR) is 79.9 cm³/mol. The lowest BCUT2D eigenvalue weighted by Gasteiger charge is -2.09. The van der Waals surface area contributed by atoms with Crippen molar-refractivity contribution in [2.45, 2.75) is 6.42 Å². The van der Waals surface area contributed by atoms with E-state index in [9.17, 15) is 4.79 Å². The number of hydrogen-bond acceptors (Lipinski definition) is 3. The number of rotatable bonds is 8. The number of aromatic carboxylic acids is 1. The Morgan fingerprint density at radius 3 is 2.38 bits per heavy atom. The average Bonchev–Trinajstić information content (AvgIpc) is 2.52. The van der Waals surface area contributed by atoms with E-state index in [0.717, 1.165) is 6.42 Å². The number of para-hydroxylation sites is 1. The fraction of sp³-hybridized carbons (Fsp3) is 0.235. The third-order valence-corrected chi connectivity index (χ3v) is 2.98. The summed E-state index contributed by atoms with van der Waals surface area (Å²) in [7, 11) is 0. The van der Waals surface area contributed by atoms with Gasteiger partial charge in [0.25, 0.3) is 0 Å². The minimum atomic E-state index is -0.990. The van der Waals surface area contributed by atoms with Crippen LogP contribution in [-0.4, -0.2) is 30.9 Å². The summed E-state index contributed by atoms with van der Waals surface area (Å²) >= 11 is 0. The Morgan fingerprint density at radius 2 is 1.62 bits per heavy atom. The molecule has 0 atom stereocenters. The van der Waals surface area contributed by atoms with Crippen molar-refractivity contribution in [3.05, 3.63) is 65.7 Å². The largest absolute Gasteiger partial charge is 0.490 e. The summed E-state index contributed by atoms with van der Waals surface area (Å²) in [6, 6.07) is 16.7. The van der Waals surface area contributed by atoms with Crippen LogP contribution in [0.5, 0.6) is 5.75 Å². The highest BCUT2D eigenvalue weighted by molar-refractivity contribution is 5.90. The van der Waals surface area contributed by atoms with Gasteiger partial charge in [0.2, 0.25) is 0 Å². The molecule has 2 rings (SSSR count). The first kappa shape index (κ1) is 15.1. The third-order valence-electron chi connectivity index (χ3n) is 2.98. The molecular formula is C17H18O4. The van der Waals surface area contributed by atoms with Crippen LogP contribution in [0.3, 0.4) is 0 Å². The van der Waals surface area contributed by atoms with E-state index in [2.05, 4.69) is 12.1 Å². The quantitative estimate of drug-likeness (QED) is 0.758. The second-order valence-corrected chi connectivity index (χ2v) is 4.50. The van der Waals surface area contributed by atoms with Crippen LogP contribution in [0.2, 0.25) is 0 Å². The molecule has 0 aliphatic carbocycles. The molecule has 0 bridgehead atoms. The molecule has 4 heteroatoms. The average molecular weight is 286 g/mol. The Bertz CT molecular complexity index is 566. The molecule has 0 heterocycles. The highest BCUT2D eigenvalue weighted by Crippen LogP contribution is 2.17. The van der Waals surface area contributed by atoms with Crippen molar-refractivity contribution < 1.29 is 19.4 Å². The van der Waals surface area contributed by atoms with E-state index in [0.29, 0.717) is 25.6 Å². The van der Waals surface area contributed by atoms with Crippen molar-refractivity contribution >= 4 is 5.97 Å². The summed E-state index contributed by atoms with van der Waals surface area (Å²) < 4.78 is 10.9. The van der Waals surface area contributed by atoms with E-state index < -0.39 is 5.97 Å². The number of carboxylic acid groups (broad SMARTS) is 1. The van der Waals surface area contributed by atoms with Gasteiger partial charge in [-0.1, -0.05) is 42.5 Å². The van der Waals surface area contributed by atoms with Gasteiger partial charge in [-0.05, 0) is 24.1 Å². The molecule has 0 saturated carbocycles. The standard InChI is InChI=1S/C17H18O4/c18-17(19)15-8-4-5-9-16(15)21-13-12-20-11-10-14-6-2-1-3-7-14/h1-9H,10-13H2,(H,18,19). The van der Waals surface area contributed by atoms with Crippen molar-refractivity contribution in [1.29, 1.82) is 0 Å². The second-order valence-electron chi connectivity index (χ2n) is 4.50. The van der Waals surface area contributed by atoms with Crippen molar-refractivity contribution in [1.82, 2.24) is 0 Å². The zero-order chi connectivity index (χ0) is 14.9. The lowest BCUT2D eigenvalue weighted by atomic mass is 10.2. The van der Waals surface area contributed by atoms with Gasteiger partial charge < -0.3 is 14.6 Å². The Labute approximate surface area is 123 Å². The van der Waals surface area contributed by atoms with Crippen molar-refractivity contribution in [3.8, 4) is 5.75 Å². The van der Waals surface area contributed by atoms with Gasteiger partial charge in [0.15, 0.2) is 0 Å². The summed E-state index contributed by atoms with van der Waals surface area (Å²) in [5.41, 5.74) is 1.40. The van der Waals surface area contributed by atoms with E-state index in [1.54, 1.807) is 18.2 Å². The molecule has 0 fully saturated rings. The monoisotopic (exact) mass is 286 g/mol. The smallest absolute Gasteiger partial charge is 0.339 e. The predicted octanol–water partition coefficient (Wildman–Crippen LogP) is 3.02. The SMILES string of the molecule is O=C(O)c1ccccc1OCCOCCc1ccccc1. The van der Waals surface area contributed by atoms with E-state index >= 15 is 0 Å². The van der Waals surface area contributed by atoms with Crippen LogP contribution < -0.4 is 4.74 Å². The summed E-state index contributed by atoms with van der Waals surface area (Å²) in [6.07, 6.45) is 0.854. The van der Waals surface area contributed by atoms with Crippen molar-refractivity contribution in [2.75, 3.05) is 19.8 Å². The molecule has 0 saturated heterocycles. The minimum Gasteiger partial charge on any atom is -0.490 e. The molecule has 0 radical (unpaired) electrons. The molecule has 2 aromatic carbocycles. The maximum atomic E-state index is 11.0. The zero-order valence-electron chi connectivity index (χ0n) is 11.7. The molecule has 0 aliphatic heterocycles. The summed E-state index contributed by atoms with van der Waals surface area (Å²) in [5, 5.41) is 9.02. The Hall–Kier alpha value is -2.33. The van der Waals surface area contributed by atoms with E-state index in [4.69, 9.17) is 14.6 Å². The fourth-order valence-corrected chi connectivity index (χ4v) is 1.92. The summed E-state index contributed by atoms with van der Waals surface area (Å²) in [6.45, 7) is 1.38. The van der Waals surface area contributed by atoms with Gasteiger partial charge in [-0.3, -0.25) is 0 Å². The number of ether oxygens (including phenoxy) is 2. The highest BCUT2D eigenvalue weighted by Gasteiger charge is 2.09. The van der Waals surface area contributed by atoms with Crippen LogP contribution in [0.15, 0.2) is 54.6 Å². The molecule has 2 aromatic rings. The van der Waals surface area contributed by atoms with Gasteiger partial charge in [-0.2, -0.15) is 0 Å². The van der Waals surface area contributed by atoms with Crippen LogP contribution in [0, 0.1) is 0 Å². The van der Waals surface area contributed by atoms with E-state index in [1.807, 2.05) is 18.2 Å². The van der Waals surface area contributed by atoms with Crippen LogP contribution in [0.1, 0.15) is 15.9 Å². The van der Waals surface area contributed by atoms with Crippen LogP contribution in [0.25, 0.3) is 0 Å². The third kappa shape index (κ3) is 4.93. The number of carbonyl (C=O) groups is 1. The van der Waals surface area contributed by atoms with Crippen LogP contribution in [-0.2, 0) is 11.2 Å². The zero-order valence-corrected chi connectivity index (χ0v) is 11.7. The maximum absolute atomic E-state index is 11.0. The molecule has 1 N–H and O–H groups in total. The number of carboxylic acids is 1. The maximum Gasteiger partial charge on any atom is 0.339 e. The van der Waals surface area contributed by atoms with Gasteiger partial charge in [-0.15, -0.1) is 0 Å². The Balaban J connectivity index is 1.67. The molecule has 0 aromatic heterocycles.